The molecule has 1 N–H and O–H groups in total. The zero-order valence-electron chi connectivity index (χ0n) is 18.2. The number of anilines is 1. The number of esters is 1. The van der Waals surface area contributed by atoms with E-state index in [1.807, 2.05) is 80.8 Å². The van der Waals surface area contributed by atoms with Crippen molar-refractivity contribution in [3.8, 4) is 11.3 Å². The molecule has 0 saturated carbocycles. The Bertz CT molecular complexity index is 1080. The molecule has 0 saturated heterocycles. The molecule has 0 radical (unpaired) electrons. The predicted molar refractivity (Wildman–Crippen MR) is 120 cm³/mol. The molecule has 30 heavy (non-hydrogen) atoms. The van der Waals surface area contributed by atoms with Gasteiger partial charge in [0.05, 0.1) is 17.9 Å². The zero-order chi connectivity index (χ0) is 21.8. The maximum absolute atomic E-state index is 12.9. The lowest BCUT2D eigenvalue weighted by molar-refractivity contribution is -0.116. The van der Waals surface area contributed by atoms with E-state index >= 15 is 0 Å². The van der Waals surface area contributed by atoms with Crippen molar-refractivity contribution >= 4 is 17.6 Å². The molecular weight excluding hydrogens is 376 g/mol. The lowest BCUT2D eigenvalue weighted by Crippen LogP contribution is -2.21. The van der Waals surface area contributed by atoms with Crippen molar-refractivity contribution in [3.05, 3.63) is 76.5 Å². The van der Waals surface area contributed by atoms with Gasteiger partial charge in [-0.25, -0.2) is 4.79 Å². The Hall–Kier alpha value is -3.34. The third-order valence-electron chi connectivity index (χ3n) is 5.25. The lowest BCUT2D eigenvalue weighted by Gasteiger charge is -2.14. The van der Waals surface area contributed by atoms with Crippen molar-refractivity contribution in [2.24, 2.45) is 0 Å². The van der Waals surface area contributed by atoms with E-state index < -0.39 is 0 Å². The Morgan fingerprint density at radius 1 is 1.00 bits per heavy atom. The summed E-state index contributed by atoms with van der Waals surface area (Å²) in [4.78, 5) is 25.5. The van der Waals surface area contributed by atoms with Crippen LogP contribution in [0.4, 0.5) is 5.69 Å². The second-order valence-electron chi connectivity index (χ2n) is 7.47. The minimum Gasteiger partial charge on any atom is -0.462 e. The topological polar surface area (TPSA) is 60.3 Å². The first-order valence-corrected chi connectivity index (χ1v) is 10.1. The van der Waals surface area contributed by atoms with Crippen LogP contribution in [0.15, 0.2) is 48.5 Å². The molecule has 0 spiro atoms. The van der Waals surface area contributed by atoms with Crippen LogP contribution in [0.25, 0.3) is 11.3 Å². The highest BCUT2D eigenvalue weighted by atomic mass is 16.5. The van der Waals surface area contributed by atoms with Gasteiger partial charge in [0.15, 0.2) is 0 Å². The highest BCUT2D eigenvalue weighted by molar-refractivity contribution is 5.96. The first-order valence-electron chi connectivity index (χ1n) is 10.1. The second-order valence-corrected chi connectivity index (χ2v) is 7.47. The molecule has 0 atom stereocenters. The van der Waals surface area contributed by atoms with Crippen LogP contribution in [-0.4, -0.2) is 23.1 Å². The summed E-state index contributed by atoms with van der Waals surface area (Å²) in [6.07, 6.45) is 0. The Labute approximate surface area is 177 Å². The summed E-state index contributed by atoms with van der Waals surface area (Å²) in [6.45, 7) is 9.95. The molecule has 0 aliphatic carbocycles. The first-order chi connectivity index (χ1) is 14.3. The molecule has 0 bridgehead atoms. The van der Waals surface area contributed by atoms with Gasteiger partial charge in [0.25, 0.3) is 0 Å². The molecule has 1 amide bonds. The van der Waals surface area contributed by atoms with Crippen LogP contribution in [0.2, 0.25) is 0 Å². The fourth-order valence-electron chi connectivity index (χ4n) is 3.85. The lowest BCUT2D eigenvalue weighted by atomic mass is 10.1. The van der Waals surface area contributed by atoms with Gasteiger partial charge in [0.2, 0.25) is 5.91 Å². The monoisotopic (exact) mass is 404 g/mol. The quantitative estimate of drug-likeness (QED) is 0.574. The third-order valence-corrected chi connectivity index (χ3v) is 5.25. The van der Waals surface area contributed by atoms with Crippen molar-refractivity contribution in [2.45, 2.75) is 41.2 Å². The molecule has 3 aromatic rings. The van der Waals surface area contributed by atoms with Crippen molar-refractivity contribution in [1.82, 2.24) is 4.57 Å². The third kappa shape index (κ3) is 4.30. The van der Waals surface area contributed by atoms with Crippen LogP contribution in [0.1, 0.15) is 39.7 Å². The van der Waals surface area contributed by atoms with Crippen LogP contribution < -0.4 is 5.32 Å². The summed E-state index contributed by atoms with van der Waals surface area (Å²) >= 11 is 0. The Kier molecular flexibility index (Phi) is 6.40. The molecule has 1 heterocycles. The fraction of sp³-hybridized carbons (Fsp3) is 0.280. The van der Waals surface area contributed by atoms with Crippen LogP contribution in [-0.2, 0) is 16.1 Å². The molecule has 2 aromatic carbocycles. The Morgan fingerprint density at radius 3 is 2.33 bits per heavy atom. The van der Waals surface area contributed by atoms with Gasteiger partial charge < -0.3 is 14.6 Å². The average molecular weight is 405 g/mol. The molecule has 0 aliphatic rings. The fourth-order valence-corrected chi connectivity index (χ4v) is 3.85. The van der Waals surface area contributed by atoms with Gasteiger partial charge in [-0.3, -0.25) is 4.79 Å². The number of ether oxygens (including phenoxy) is 1. The van der Waals surface area contributed by atoms with Crippen molar-refractivity contribution in [2.75, 3.05) is 11.9 Å². The van der Waals surface area contributed by atoms with Crippen LogP contribution in [0, 0.1) is 27.7 Å². The number of hydrogen-bond acceptors (Lipinski definition) is 3. The summed E-state index contributed by atoms with van der Waals surface area (Å²) in [7, 11) is 0. The summed E-state index contributed by atoms with van der Waals surface area (Å²) in [6, 6.07) is 15.7. The van der Waals surface area contributed by atoms with Gasteiger partial charge in [0, 0.05) is 11.4 Å². The van der Waals surface area contributed by atoms with Gasteiger partial charge >= 0.3 is 5.97 Å². The van der Waals surface area contributed by atoms with E-state index in [0.717, 1.165) is 39.3 Å². The van der Waals surface area contributed by atoms with Gasteiger partial charge in [0.1, 0.15) is 6.54 Å². The van der Waals surface area contributed by atoms with E-state index in [0.29, 0.717) is 12.2 Å². The number of amides is 1. The van der Waals surface area contributed by atoms with E-state index in [4.69, 9.17) is 4.74 Å². The predicted octanol–water partition coefficient (Wildman–Crippen LogP) is 5.20. The van der Waals surface area contributed by atoms with Gasteiger partial charge in [-0.2, -0.15) is 0 Å². The largest absolute Gasteiger partial charge is 0.462 e. The minimum atomic E-state index is -0.363. The number of benzene rings is 2. The molecule has 0 aliphatic heterocycles. The van der Waals surface area contributed by atoms with E-state index in [9.17, 15) is 9.59 Å². The molecule has 0 unspecified atom stereocenters. The summed E-state index contributed by atoms with van der Waals surface area (Å²) in [5.74, 6) is -0.508. The van der Waals surface area contributed by atoms with E-state index in [2.05, 4.69) is 5.32 Å². The normalized spacial score (nSPS) is 10.7. The van der Waals surface area contributed by atoms with Crippen molar-refractivity contribution < 1.29 is 14.3 Å². The van der Waals surface area contributed by atoms with Gasteiger partial charge in [-0.15, -0.1) is 0 Å². The van der Waals surface area contributed by atoms with Crippen molar-refractivity contribution in [3.63, 3.8) is 0 Å². The van der Waals surface area contributed by atoms with Crippen LogP contribution in [0.5, 0.6) is 0 Å². The molecule has 156 valence electrons. The summed E-state index contributed by atoms with van der Waals surface area (Å²) in [5.41, 5.74) is 6.82. The van der Waals surface area contributed by atoms with Crippen LogP contribution >= 0.6 is 0 Å². The van der Waals surface area contributed by atoms with Crippen molar-refractivity contribution in [1.29, 1.82) is 0 Å². The van der Waals surface area contributed by atoms with Gasteiger partial charge in [-0.05, 0) is 57.4 Å². The molecule has 5 heteroatoms. The number of carbonyl (C=O) groups is 2. The molecule has 0 fully saturated rings. The molecule has 1 aromatic heterocycles. The zero-order valence-corrected chi connectivity index (χ0v) is 18.2. The Balaban J connectivity index is 2.01. The van der Waals surface area contributed by atoms with Gasteiger partial charge in [-0.1, -0.05) is 48.0 Å². The highest BCUT2D eigenvalue weighted by Crippen LogP contribution is 2.32. The number of rotatable bonds is 6. The summed E-state index contributed by atoms with van der Waals surface area (Å²) < 4.78 is 7.17. The summed E-state index contributed by atoms with van der Waals surface area (Å²) in [5, 5.41) is 3.00. The molecular formula is C25H28N2O3. The number of nitrogens with zero attached hydrogens (tertiary/aromatic N) is 1. The maximum Gasteiger partial charge on any atom is 0.340 e. The SMILES string of the molecule is CCOC(=O)c1c(C)c(-c2ccccc2)n(CC(=O)Nc2ccc(C)cc2C)c1C. The number of aromatic nitrogens is 1. The van der Waals surface area contributed by atoms with E-state index in [1.165, 1.54) is 0 Å². The first kappa shape index (κ1) is 21.4. The standard InChI is InChI=1S/C25H28N2O3/c1-6-30-25(29)23-18(4)24(20-10-8-7-9-11-20)27(19(23)5)15-22(28)26-21-13-12-16(2)14-17(21)3/h7-14H,6,15H2,1-5H3,(H,26,28). The average Bonchev–Trinajstić information content (AvgIpc) is 2.94. The Morgan fingerprint density at radius 2 is 1.70 bits per heavy atom. The van der Waals surface area contributed by atoms with Crippen LogP contribution in [0.3, 0.4) is 0 Å². The maximum atomic E-state index is 12.9. The number of aryl methyl sites for hydroxylation is 2. The minimum absolute atomic E-state index is 0.101. The van der Waals surface area contributed by atoms with E-state index in [1.54, 1.807) is 6.92 Å². The number of hydrogen-bond donors (Lipinski definition) is 1. The molecule has 5 nitrogen and oxygen atoms in total. The smallest absolute Gasteiger partial charge is 0.340 e. The highest BCUT2D eigenvalue weighted by Gasteiger charge is 2.25. The molecule has 3 rings (SSSR count). The second kappa shape index (κ2) is 8.99. The van der Waals surface area contributed by atoms with E-state index in [-0.39, 0.29) is 18.4 Å². The number of nitrogens with one attached hydrogen (secondary N) is 1. The number of carbonyl (C=O) groups excluding carboxylic acids is 2.